The summed E-state index contributed by atoms with van der Waals surface area (Å²) in [5.74, 6) is -1.48. The van der Waals surface area contributed by atoms with Gasteiger partial charge >= 0.3 is 6.18 Å². The predicted octanol–water partition coefficient (Wildman–Crippen LogP) is 4.35. The molecule has 6 heteroatoms. The molecule has 1 rings (SSSR count). The number of hydrogen-bond donors (Lipinski definition) is 1. The van der Waals surface area contributed by atoms with Crippen molar-refractivity contribution in [1.29, 1.82) is 0 Å². The van der Waals surface area contributed by atoms with Gasteiger partial charge in [0, 0.05) is 18.0 Å². The van der Waals surface area contributed by atoms with Crippen LogP contribution in [-0.2, 0) is 0 Å². The predicted molar refractivity (Wildman–Crippen MR) is 62.7 cm³/mol. The third-order valence-corrected chi connectivity index (χ3v) is 2.75. The fraction of sp³-hybridized carbons (Fsp3) is 0.538. The molecule has 1 aromatic rings. The Bertz CT molecular complexity index is 382. The van der Waals surface area contributed by atoms with Crippen LogP contribution in [0.5, 0.6) is 0 Å². The van der Waals surface area contributed by atoms with Crippen molar-refractivity contribution >= 4 is 0 Å². The van der Waals surface area contributed by atoms with Gasteiger partial charge in [0.05, 0.1) is 0 Å². The molecule has 1 nitrogen and oxygen atoms in total. The Kier molecular flexibility index (Phi) is 5.72. The van der Waals surface area contributed by atoms with Crippen molar-refractivity contribution in [2.24, 2.45) is 0 Å². The zero-order valence-electron chi connectivity index (χ0n) is 10.5. The van der Waals surface area contributed by atoms with E-state index in [4.69, 9.17) is 0 Å². The number of alkyl halides is 3. The summed E-state index contributed by atoms with van der Waals surface area (Å²) < 4.78 is 63.4. The lowest BCUT2D eigenvalue weighted by Gasteiger charge is -2.20. The first kappa shape index (κ1) is 15.9. The Morgan fingerprint density at radius 1 is 1.16 bits per heavy atom. The summed E-state index contributed by atoms with van der Waals surface area (Å²) in [6.45, 7) is 2.15. The molecule has 19 heavy (non-hydrogen) atoms. The van der Waals surface area contributed by atoms with Gasteiger partial charge in [0.15, 0.2) is 0 Å². The van der Waals surface area contributed by atoms with Gasteiger partial charge in [-0.05, 0) is 31.5 Å². The summed E-state index contributed by atoms with van der Waals surface area (Å²) in [7, 11) is 0. The highest BCUT2D eigenvalue weighted by Crippen LogP contribution is 2.28. The van der Waals surface area contributed by atoms with Crippen LogP contribution in [0.2, 0.25) is 0 Å². The maximum atomic E-state index is 13.6. The van der Waals surface area contributed by atoms with Crippen molar-refractivity contribution in [3.05, 3.63) is 35.4 Å². The molecule has 0 heterocycles. The minimum Gasteiger partial charge on any atom is -0.310 e. The summed E-state index contributed by atoms with van der Waals surface area (Å²) in [6, 6.07) is 2.69. The van der Waals surface area contributed by atoms with Crippen molar-refractivity contribution in [2.75, 3.05) is 6.54 Å². The van der Waals surface area contributed by atoms with Crippen LogP contribution in [0.4, 0.5) is 22.0 Å². The van der Waals surface area contributed by atoms with E-state index in [9.17, 15) is 22.0 Å². The molecule has 0 fully saturated rings. The molecule has 0 bridgehead atoms. The summed E-state index contributed by atoms with van der Waals surface area (Å²) in [5, 5.41) is 2.82. The van der Waals surface area contributed by atoms with Crippen LogP contribution in [0, 0.1) is 11.6 Å². The van der Waals surface area contributed by atoms with Gasteiger partial charge in [-0.25, -0.2) is 8.78 Å². The average Bonchev–Trinajstić information content (AvgIpc) is 2.27. The van der Waals surface area contributed by atoms with Crippen LogP contribution in [0.1, 0.15) is 37.8 Å². The van der Waals surface area contributed by atoms with Crippen molar-refractivity contribution in [3.8, 4) is 0 Å². The number of nitrogens with one attached hydrogen (secondary N) is 1. The van der Waals surface area contributed by atoms with Gasteiger partial charge in [0.2, 0.25) is 0 Å². The Hall–Kier alpha value is -1.17. The van der Waals surface area contributed by atoms with Gasteiger partial charge in [0.25, 0.3) is 0 Å². The van der Waals surface area contributed by atoms with E-state index in [0.29, 0.717) is 6.54 Å². The lowest BCUT2D eigenvalue weighted by Crippen LogP contribution is -2.23. The second-order valence-corrected chi connectivity index (χ2v) is 4.25. The Labute approximate surface area is 108 Å². The van der Waals surface area contributed by atoms with Crippen molar-refractivity contribution in [1.82, 2.24) is 5.32 Å². The van der Waals surface area contributed by atoms with Gasteiger partial charge in [-0.3, -0.25) is 0 Å². The Balaban J connectivity index is 2.77. The van der Waals surface area contributed by atoms with Crippen molar-refractivity contribution < 1.29 is 22.0 Å². The van der Waals surface area contributed by atoms with E-state index >= 15 is 0 Å². The van der Waals surface area contributed by atoms with E-state index < -0.39 is 30.3 Å². The van der Waals surface area contributed by atoms with Crippen LogP contribution >= 0.6 is 0 Å². The molecular weight excluding hydrogens is 265 g/mol. The first-order valence-electron chi connectivity index (χ1n) is 6.09. The molecule has 0 aliphatic heterocycles. The molecule has 0 saturated carbocycles. The molecule has 1 atom stereocenters. The van der Waals surface area contributed by atoms with E-state index in [0.717, 1.165) is 12.1 Å². The Morgan fingerprint density at radius 3 is 2.21 bits per heavy atom. The molecule has 0 radical (unpaired) electrons. The maximum absolute atomic E-state index is 13.6. The number of halogens is 5. The van der Waals surface area contributed by atoms with Crippen LogP contribution in [0.25, 0.3) is 0 Å². The average molecular weight is 281 g/mol. The summed E-state index contributed by atoms with van der Waals surface area (Å²) in [6.07, 6.45) is -5.34. The van der Waals surface area contributed by atoms with Crippen molar-refractivity contribution in [2.45, 2.75) is 38.4 Å². The van der Waals surface area contributed by atoms with Crippen LogP contribution in [-0.4, -0.2) is 12.7 Å². The van der Waals surface area contributed by atoms with Gasteiger partial charge < -0.3 is 5.32 Å². The van der Waals surface area contributed by atoms with Gasteiger partial charge in [-0.1, -0.05) is 13.0 Å². The van der Waals surface area contributed by atoms with Gasteiger partial charge in [0.1, 0.15) is 11.6 Å². The van der Waals surface area contributed by atoms with E-state index in [1.54, 1.807) is 6.92 Å². The number of hydrogen-bond acceptors (Lipinski definition) is 1. The highest BCUT2D eigenvalue weighted by atomic mass is 19.4. The molecule has 0 aromatic heterocycles. The van der Waals surface area contributed by atoms with Crippen molar-refractivity contribution in [3.63, 3.8) is 0 Å². The minimum atomic E-state index is -4.25. The molecule has 0 spiro atoms. The van der Waals surface area contributed by atoms with E-state index in [-0.39, 0.29) is 18.4 Å². The standard InChI is InChI=1S/C13H16F5N/c1-2-19-11(7-4-8-13(16,17)18)12-9(14)5-3-6-10(12)15/h3,5-6,11,19H,2,4,7-8H2,1H3. The summed E-state index contributed by atoms with van der Waals surface area (Å²) >= 11 is 0. The SMILES string of the molecule is CCNC(CCCC(F)(F)F)c1c(F)cccc1F. The van der Waals surface area contributed by atoms with E-state index in [1.165, 1.54) is 6.07 Å². The monoisotopic (exact) mass is 281 g/mol. The molecular formula is C13H16F5N. The smallest absolute Gasteiger partial charge is 0.310 e. The number of benzene rings is 1. The Morgan fingerprint density at radius 2 is 1.74 bits per heavy atom. The van der Waals surface area contributed by atoms with Crippen LogP contribution in [0.3, 0.4) is 0 Å². The fourth-order valence-corrected chi connectivity index (χ4v) is 1.95. The van der Waals surface area contributed by atoms with E-state index in [1.807, 2.05) is 0 Å². The quantitative estimate of drug-likeness (QED) is 0.764. The fourth-order valence-electron chi connectivity index (χ4n) is 1.95. The first-order valence-corrected chi connectivity index (χ1v) is 6.09. The zero-order valence-corrected chi connectivity index (χ0v) is 10.5. The van der Waals surface area contributed by atoms with E-state index in [2.05, 4.69) is 5.32 Å². The lowest BCUT2D eigenvalue weighted by atomic mass is 9.99. The molecule has 0 aliphatic rings. The second-order valence-electron chi connectivity index (χ2n) is 4.25. The topological polar surface area (TPSA) is 12.0 Å². The maximum Gasteiger partial charge on any atom is 0.389 e. The first-order chi connectivity index (χ1) is 8.85. The van der Waals surface area contributed by atoms with Gasteiger partial charge in [-0.2, -0.15) is 13.2 Å². The van der Waals surface area contributed by atoms with Gasteiger partial charge in [-0.15, -0.1) is 0 Å². The molecule has 1 N–H and O–H groups in total. The minimum absolute atomic E-state index is 0.0329. The number of rotatable bonds is 6. The van der Waals surface area contributed by atoms with Crippen LogP contribution in [0.15, 0.2) is 18.2 Å². The highest BCUT2D eigenvalue weighted by molar-refractivity contribution is 5.23. The normalized spacial score (nSPS) is 13.6. The molecule has 1 unspecified atom stereocenters. The third kappa shape index (κ3) is 5.14. The lowest BCUT2D eigenvalue weighted by molar-refractivity contribution is -0.135. The third-order valence-electron chi connectivity index (χ3n) is 2.75. The zero-order chi connectivity index (χ0) is 14.5. The molecule has 108 valence electrons. The summed E-state index contributed by atoms with van der Waals surface area (Å²) in [5.41, 5.74) is -0.188. The molecule has 0 aliphatic carbocycles. The molecule has 0 saturated heterocycles. The molecule has 0 amide bonds. The molecule has 1 aromatic carbocycles. The largest absolute Gasteiger partial charge is 0.389 e. The second kappa shape index (κ2) is 6.84. The summed E-state index contributed by atoms with van der Waals surface area (Å²) in [4.78, 5) is 0. The van der Waals surface area contributed by atoms with Crippen LogP contribution < -0.4 is 5.32 Å². The highest BCUT2D eigenvalue weighted by Gasteiger charge is 2.27.